The van der Waals surface area contributed by atoms with E-state index in [0.717, 1.165) is 77.0 Å². The zero-order valence-electron chi connectivity index (χ0n) is 47.4. The maximum Gasteiger partial charge on any atom is 0.220 e. The van der Waals surface area contributed by atoms with Crippen LogP contribution in [0.3, 0.4) is 0 Å². The second-order valence-corrected chi connectivity index (χ2v) is 21.8. The Balaban J connectivity index is 1.50. The molecule has 0 aromatic rings. The molecule has 456 valence electrons. The first-order valence-corrected chi connectivity index (χ1v) is 30.2. The molecule has 0 aromatic heterocycles. The van der Waals surface area contributed by atoms with E-state index < -0.39 is 124 Å². The van der Waals surface area contributed by atoms with Crippen molar-refractivity contribution >= 4 is 5.91 Å². The third kappa shape index (κ3) is 26.5. The Morgan fingerprint density at radius 3 is 1.38 bits per heavy atom. The number of aliphatic hydroxyl groups excluding tert-OH is 11. The minimum atomic E-state index is -1.97. The van der Waals surface area contributed by atoms with Crippen molar-refractivity contribution in [1.29, 1.82) is 0 Å². The molecule has 0 spiro atoms. The zero-order chi connectivity index (χ0) is 56.9. The molecule has 3 aliphatic heterocycles. The highest BCUT2D eigenvalue weighted by Gasteiger charge is 2.53. The number of carbonyl (C=O) groups is 1. The van der Waals surface area contributed by atoms with Gasteiger partial charge in [0, 0.05) is 6.42 Å². The maximum atomic E-state index is 13.3. The van der Waals surface area contributed by atoms with Gasteiger partial charge in [-0.25, -0.2) is 0 Å². The lowest BCUT2D eigenvalue weighted by molar-refractivity contribution is -0.379. The smallest absolute Gasteiger partial charge is 0.220 e. The van der Waals surface area contributed by atoms with Gasteiger partial charge < -0.3 is 89.9 Å². The van der Waals surface area contributed by atoms with Gasteiger partial charge in [-0.15, -0.1) is 0 Å². The van der Waals surface area contributed by atoms with Crippen LogP contribution in [0, 0.1) is 0 Å². The molecular weight excluding hydrogens is 1010 g/mol. The number of nitrogens with one attached hydrogen (secondary N) is 1. The fourth-order valence-corrected chi connectivity index (χ4v) is 10.3. The van der Waals surface area contributed by atoms with Crippen molar-refractivity contribution in [1.82, 2.24) is 5.32 Å². The highest BCUT2D eigenvalue weighted by Crippen LogP contribution is 2.33. The third-order valence-electron chi connectivity index (χ3n) is 15.2. The van der Waals surface area contributed by atoms with Crippen LogP contribution in [0.1, 0.15) is 200 Å². The molecule has 3 heterocycles. The van der Waals surface area contributed by atoms with Crippen molar-refractivity contribution in [2.75, 3.05) is 26.4 Å². The van der Waals surface area contributed by atoms with E-state index in [1.807, 2.05) is 0 Å². The number of amides is 1. The van der Waals surface area contributed by atoms with E-state index in [-0.39, 0.29) is 18.9 Å². The van der Waals surface area contributed by atoms with Crippen LogP contribution in [-0.2, 0) is 33.2 Å². The van der Waals surface area contributed by atoms with E-state index in [1.54, 1.807) is 0 Å². The lowest BCUT2D eigenvalue weighted by Gasteiger charge is -2.48. The average molecular weight is 1120 g/mol. The number of allylic oxidation sites excluding steroid dienone is 6. The Morgan fingerprint density at radius 1 is 0.474 bits per heavy atom. The summed E-state index contributed by atoms with van der Waals surface area (Å²) in [6.07, 6.45) is 18.0. The third-order valence-corrected chi connectivity index (χ3v) is 15.2. The van der Waals surface area contributed by atoms with Crippen LogP contribution in [0.2, 0.25) is 0 Å². The van der Waals surface area contributed by atoms with E-state index in [0.29, 0.717) is 12.8 Å². The molecule has 1 amide bonds. The van der Waals surface area contributed by atoms with Gasteiger partial charge in [-0.2, -0.15) is 0 Å². The van der Waals surface area contributed by atoms with Gasteiger partial charge in [-0.3, -0.25) is 4.79 Å². The molecule has 19 nitrogen and oxygen atoms in total. The molecule has 3 rings (SSSR count). The van der Waals surface area contributed by atoms with Gasteiger partial charge in [0.1, 0.15) is 73.2 Å². The lowest BCUT2D eigenvalue weighted by Crippen LogP contribution is -2.66. The molecule has 12 N–H and O–H groups in total. The highest BCUT2D eigenvalue weighted by molar-refractivity contribution is 5.76. The molecule has 0 bridgehead atoms. The van der Waals surface area contributed by atoms with Gasteiger partial charge in [0.05, 0.1) is 38.6 Å². The van der Waals surface area contributed by atoms with Crippen molar-refractivity contribution in [2.45, 2.75) is 304 Å². The van der Waals surface area contributed by atoms with E-state index in [2.05, 4.69) is 55.6 Å². The van der Waals surface area contributed by atoms with Gasteiger partial charge in [-0.05, 0) is 44.9 Å². The Hall–Kier alpha value is -1.99. The van der Waals surface area contributed by atoms with Crippen LogP contribution >= 0.6 is 0 Å². The van der Waals surface area contributed by atoms with E-state index >= 15 is 0 Å². The molecule has 3 aliphatic rings. The van der Waals surface area contributed by atoms with Gasteiger partial charge in [0.2, 0.25) is 5.91 Å². The van der Waals surface area contributed by atoms with Crippen molar-refractivity contribution in [3.05, 3.63) is 36.5 Å². The summed E-state index contributed by atoms with van der Waals surface area (Å²) >= 11 is 0. The number of hydrogen-bond donors (Lipinski definition) is 12. The quantitative estimate of drug-likeness (QED) is 0.0271. The molecule has 19 heteroatoms. The van der Waals surface area contributed by atoms with Crippen LogP contribution in [0.25, 0.3) is 0 Å². The monoisotopic (exact) mass is 1120 g/mol. The Labute approximate surface area is 466 Å². The average Bonchev–Trinajstić information content (AvgIpc) is 3.47. The molecule has 78 heavy (non-hydrogen) atoms. The molecule has 0 saturated carbocycles. The molecule has 0 aliphatic carbocycles. The van der Waals surface area contributed by atoms with Gasteiger partial charge in [-0.1, -0.05) is 185 Å². The van der Waals surface area contributed by atoms with Crippen LogP contribution < -0.4 is 5.32 Å². The summed E-state index contributed by atoms with van der Waals surface area (Å²) in [6, 6.07) is -0.895. The highest BCUT2D eigenvalue weighted by atomic mass is 16.8. The van der Waals surface area contributed by atoms with Crippen LogP contribution in [0.5, 0.6) is 0 Å². The Kier molecular flexibility index (Phi) is 38.5. The molecular formula is C59H107NO18. The summed E-state index contributed by atoms with van der Waals surface area (Å²) in [7, 11) is 0. The first-order valence-electron chi connectivity index (χ1n) is 30.2. The minimum absolute atomic E-state index is 0.247. The summed E-state index contributed by atoms with van der Waals surface area (Å²) in [5.41, 5.74) is 0. The first kappa shape index (κ1) is 70.3. The van der Waals surface area contributed by atoms with E-state index in [9.17, 15) is 61.0 Å². The molecule has 0 radical (unpaired) electrons. The topological polar surface area (TPSA) is 307 Å². The second kappa shape index (κ2) is 42.8. The Morgan fingerprint density at radius 2 is 0.885 bits per heavy atom. The first-order chi connectivity index (χ1) is 37.8. The Bertz CT molecular complexity index is 1570. The standard InChI is InChI=1S/C59H107NO18/c1-3-5-7-9-11-13-15-17-19-20-21-23-24-26-28-30-32-34-36-43(64)42(60-47(65)37-35-33-31-29-27-25-22-18-16-14-12-10-8-6-4-2)41-73-57-53(71)50(68)55(45(39-62)75-57)78-59-54(72)51(69)56(46(40-63)76-59)77-58-52(70)49(67)48(66)44(38-61)74-58/h6,8,12,14,18,22,42-46,48-59,61-64,66-72H,3-5,7,9-11,13,15-17,19-21,23-41H2,1-2H3,(H,60,65)/b8-6-,14-12-,22-18-. The van der Waals surface area contributed by atoms with E-state index in [1.165, 1.54) is 89.9 Å². The zero-order valence-corrected chi connectivity index (χ0v) is 47.4. The van der Waals surface area contributed by atoms with Crippen molar-refractivity contribution in [2.24, 2.45) is 0 Å². The van der Waals surface area contributed by atoms with Gasteiger partial charge in [0.25, 0.3) is 0 Å². The van der Waals surface area contributed by atoms with Crippen molar-refractivity contribution in [3.8, 4) is 0 Å². The number of carbonyl (C=O) groups excluding carboxylic acids is 1. The van der Waals surface area contributed by atoms with Crippen LogP contribution in [0.15, 0.2) is 36.5 Å². The molecule has 0 aromatic carbocycles. The number of unbranched alkanes of at least 4 members (excludes halogenated alkanes) is 22. The predicted octanol–water partition coefficient (Wildman–Crippen LogP) is 5.32. The summed E-state index contributed by atoms with van der Waals surface area (Å²) < 4.78 is 34.3. The van der Waals surface area contributed by atoms with Crippen LogP contribution in [-0.4, -0.2) is 193 Å². The largest absolute Gasteiger partial charge is 0.394 e. The van der Waals surface area contributed by atoms with Gasteiger partial charge >= 0.3 is 0 Å². The van der Waals surface area contributed by atoms with Crippen molar-refractivity contribution in [3.63, 3.8) is 0 Å². The second-order valence-electron chi connectivity index (χ2n) is 21.8. The fourth-order valence-electron chi connectivity index (χ4n) is 10.3. The minimum Gasteiger partial charge on any atom is -0.394 e. The number of rotatable bonds is 44. The van der Waals surface area contributed by atoms with E-state index in [4.69, 9.17) is 28.4 Å². The summed E-state index contributed by atoms with van der Waals surface area (Å²) in [5, 5.41) is 120. The molecule has 17 atom stereocenters. The molecule has 3 fully saturated rings. The summed E-state index contributed by atoms with van der Waals surface area (Å²) in [5.74, 6) is -0.260. The normalized spacial score (nSPS) is 30.7. The molecule has 3 saturated heterocycles. The van der Waals surface area contributed by atoms with Gasteiger partial charge in [0.15, 0.2) is 18.9 Å². The molecule has 17 unspecified atom stereocenters. The number of hydrogen-bond acceptors (Lipinski definition) is 18. The van der Waals surface area contributed by atoms with Crippen LogP contribution in [0.4, 0.5) is 0 Å². The fraction of sp³-hybridized carbons (Fsp3) is 0.881. The van der Waals surface area contributed by atoms with Crippen molar-refractivity contribution < 1.29 is 89.4 Å². The SMILES string of the molecule is CC/C=C\C/C=C\C/C=C\CCCCCCCC(=O)NC(COC1OC(CO)C(OC2OC(CO)C(OC3OC(CO)C(O)C(O)C3O)C(O)C2O)C(O)C1O)C(O)CCCCCCCCCCCCCCCCCCCC. The maximum absolute atomic E-state index is 13.3. The summed E-state index contributed by atoms with van der Waals surface area (Å²) in [6.45, 7) is 1.66. The number of ether oxygens (including phenoxy) is 6. The number of aliphatic hydroxyl groups is 11. The summed E-state index contributed by atoms with van der Waals surface area (Å²) in [4.78, 5) is 13.3. The predicted molar refractivity (Wildman–Crippen MR) is 296 cm³/mol. The lowest BCUT2D eigenvalue weighted by atomic mass is 9.96.